The van der Waals surface area contributed by atoms with E-state index in [9.17, 15) is 0 Å². The summed E-state index contributed by atoms with van der Waals surface area (Å²) in [6, 6.07) is 19.7. The summed E-state index contributed by atoms with van der Waals surface area (Å²) in [5.41, 5.74) is 4.10. The quantitative estimate of drug-likeness (QED) is 0.475. The van der Waals surface area contributed by atoms with Crippen molar-refractivity contribution in [3.05, 3.63) is 65.7 Å². The molecule has 0 spiro atoms. The Morgan fingerprint density at radius 3 is 2.00 bits per heavy atom. The van der Waals surface area contributed by atoms with E-state index in [0.717, 1.165) is 0 Å². The predicted molar refractivity (Wildman–Crippen MR) is 85.4 cm³/mol. The molecule has 3 aromatic rings. The minimum Gasteiger partial charge on any atom is -0.0729 e. The summed E-state index contributed by atoms with van der Waals surface area (Å²) in [5.74, 6) is 0. The topological polar surface area (TPSA) is 0 Å². The van der Waals surface area contributed by atoms with Crippen molar-refractivity contribution in [3.8, 4) is 0 Å². The summed E-state index contributed by atoms with van der Waals surface area (Å²) in [6.45, 7) is 6.56. The Bertz CT molecular complexity index is 787. The molecule has 3 aromatic carbocycles. The SMILES string of the molecule is CC(C)=C(C)c1cccc2cc3ccccc3cc12. The zero-order valence-corrected chi connectivity index (χ0v) is 11.7. The standard InChI is InChI=1S/C19H18/c1-13(2)14(3)18-10-6-9-17-11-15-7-4-5-8-16(15)12-19(17)18/h4-12H,1-3H3. The van der Waals surface area contributed by atoms with Crippen LogP contribution in [0.4, 0.5) is 0 Å². The van der Waals surface area contributed by atoms with Crippen LogP contribution in [-0.4, -0.2) is 0 Å². The van der Waals surface area contributed by atoms with Crippen LogP contribution in [0.15, 0.2) is 60.2 Å². The van der Waals surface area contributed by atoms with Gasteiger partial charge in [-0.2, -0.15) is 0 Å². The summed E-state index contributed by atoms with van der Waals surface area (Å²) in [7, 11) is 0. The molecule has 0 N–H and O–H groups in total. The smallest absolute Gasteiger partial charge is 0.0102 e. The van der Waals surface area contributed by atoms with Gasteiger partial charge in [0.15, 0.2) is 0 Å². The van der Waals surface area contributed by atoms with Crippen molar-refractivity contribution in [1.29, 1.82) is 0 Å². The zero-order chi connectivity index (χ0) is 13.4. The largest absolute Gasteiger partial charge is 0.0729 e. The van der Waals surface area contributed by atoms with E-state index in [4.69, 9.17) is 0 Å². The van der Waals surface area contributed by atoms with Crippen LogP contribution in [0, 0.1) is 0 Å². The minimum atomic E-state index is 1.31. The molecule has 0 aliphatic carbocycles. The monoisotopic (exact) mass is 246 g/mol. The highest BCUT2D eigenvalue weighted by molar-refractivity contribution is 6.03. The second-order valence-corrected chi connectivity index (χ2v) is 5.35. The predicted octanol–water partition coefficient (Wildman–Crippen LogP) is 5.81. The summed E-state index contributed by atoms with van der Waals surface area (Å²) in [6.07, 6.45) is 0. The van der Waals surface area contributed by atoms with Crippen LogP contribution >= 0.6 is 0 Å². The molecule has 0 amide bonds. The van der Waals surface area contributed by atoms with Gasteiger partial charge in [-0.05, 0) is 65.6 Å². The highest BCUT2D eigenvalue weighted by Crippen LogP contribution is 2.30. The molecule has 0 aliphatic rings. The number of benzene rings is 3. The van der Waals surface area contributed by atoms with Gasteiger partial charge in [-0.1, -0.05) is 48.0 Å². The minimum absolute atomic E-state index is 1.31. The van der Waals surface area contributed by atoms with Gasteiger partial charge in [0.2, 0.25) is 0 Å². The highest BCUT2D eigenvalue weighted by Gasteiger charge is 2.05. The van der Waals surface area contributed by atoms with Crippen molar-refractivity contribution < 1.29 is 0 Å². The maximum absolute atomic E-state index is 2.31. The second kappa shape index (κ2) is 4.55. The molecule has 0 aliphatic heterocycles. The van der Waals surface area contributed by atoms with Crippen molar-refractivity contribution in [1.82, 2.24) is 0 Å². The van der Waals surface area contributed by atoms with Gasteiger partial charge in [-0.3, -0.25) is 0 Å². The van der Waals surface area contributed by atoms with Gasteiger partial charge >= 0.3 is 0 Å². The van der Waals surface area contributed by atoms with E-state index in [0.29, 0.717) is 0 Å². The van der Waals surface area contributed by atoms with Crippen LogP contribution in [0.25, 0.3) is 27.1 Å². The number of allylic oxidation sites excluding steroid dienone is 2. The van der Waals surface area contributed by atoms with E-state index >= 15 is 0 Å². The molecule has 3 rings (SSSR count). The van der Waals surface area contributed by atoms with Gasteiger partial charge in [0, 0.05) is 0 Å². The number of hydrogen-bond donors (Lipinski definition) is 0. The third kappa shape index (κ3) is 2.04. The third-order valence-electron chi connectivity index (χ3n) is 3.90. The molecule has 0 fully saturated rings. The van der Waals surface area contributed by atoms with E-state index < -0.39 is 0 Å². The van der Waals surface area contributed by atoms with Gasteiger partial charge in [0.1, 0.15) is 0 Å². The molecule has 94 valence electrons. The third-order valence-corrected chi connectivity index (χ3v) is 3.90. The molecule has 0 nitrogen and oxygen atoms in total. The Morgan fingerprint density at radius 1 is 0.684 bits per heavy atom. The number of fused-ring (bicyclic) bond motifs is 2. The molecule has 0 saturated carbocycles. The average molecular weight is 246 g/mol. The Kier molecular flexibility index (Phi) is 2.87. The summed E-state index contributed by atoms with van der Waals surface area (Å²) in [5, 5.41) is 5.28. The van der Waals surface area contributed by atoms with E-state index in [1.165, 1.54) is 38.3 Å². The highest BCUT2D eigenvalue weighted by atomic mass is 14.1. The number of rotatable bonds is 1. The first-order chi connectivity index (χ1) is 9.16. The fourth-order valence-electron chi connectivity index (χ4n) is 2.56. The summed E-state index contributed by atoms with van der Waals surface area (Å²) in [4.78, 5) is 0. The lowest BCUT2D eigenvalue weighted by Crippen LogP contribution is -1.86. The van der Waals surface area contributed by atoms with Crippen LogP contribution in [0.2, 0.25) is 0 Å². The van der Waals surface area contributed by atoms with E-state index in [1.807, 2.05) is 0 Å². The van der Waals surface area contributed by atoms with Crippen LogP contribution < -0.4 is 0 Å². The fourth-order valence-corrected chi connectivity index (χ4v) is 2.56. The van der Waals surface area contributed by atoms with Crippen LogP contribution in [0.1, 0.15) is 26.3 Å². The van der Waals surface area contributed by atoms with Gasteiger partial charge < -0.3 is 0 Å². The second-order valence-electron chi connectivity index (χ2n) is 5.35. The average Bonchev–Trinajstić information content (AvgIpc) is 2.43. The van der Waals surface area contributed by atoms with E-state index in [-0.39, 0.29) is 0 Å². The van der Waals surface area contributed by atoms with Crippen molar-refractivity contribution >= 4 is 27.1 Å². The van der Waals surface area contributed by atoms with Crippen molar-refractivity contribution in [3.63, 3.8) is 0 Å². The lowest BCUT2D eigenvalue weighted by molar-refractivity contribution is 1.37. The molecule has 0 radical (unpaired) electrons. The zero-order valence-electron chi connectivity index (χ0n) is 11.7. The van der Waals surface area contributed by atoms with Crippen LogP contribution in [0.3, 0.4) is 0 Å². The van der Waals surface area contributed by atoms with Gasteiger partial charge in [0.05, 0.1) is 0 Å². The first-order valence-electron chi connectivity index (χ1n) is 6.73. The molecule has 0 unspecified atom stereocenters. The van der Waals surface area contributed by atoms with Crippen molar-refractivity contribution in [2.45, 2.75) is 20.8 Å². The van der Waals surface area contributed by atoms with Gasteiger partial charge in [-0.25, -0.2) is 0 Å². The maximum atomic E-state index is 2.31. The molecular weight excluding hydrogens is 228 g/mol. The Balaban J connectivity index is 2.42. The molecule has 0 aromatic heterocycles. The first kappa shape index (κ1) is 12.0. The number of hydrogen-bond acceptors (Lipinski definition) is 0. The lowest BCUT2D eigenvalue weighted by atomic mass is 9.94. The Hall–Kier alpha value is -2.08. The van der Waals surface area contributed by atoms with Gasteiger partial charge in [-0.15, -0.1) is 0 Å². The molecule has 0 saturated heterocycles. The fraction of sp³-hybridized carbons (Fsp3) is 0.158. The Labute approximate surface area is 114 Å². The molecule has 19 heavy (non-hydrogen) atoms. The lowest BCUT2D eigenvalue weighted by Gasteiger charge is -2.10. The van der Waals surface area contributed by atoms with E-state index in [2.05, 4.69) is 75.4 Å². The molecule has 0 heteroatoms. The van der Waals surface area contributed by atoms with Gasteiger partial charge in [0.25, 0.3) is 0 Å². The first-order valence-corrected chi connectivity index (χ1v) is 6.73. The van der Waals surface area contributed by atoms with Crippen LogP contribution in [0.5, 0.6) is 0 Å². The van der Waals surface area contributed by atoms with Crippen molar-refractivity contribution in [2.24, 2.45) is 0 Å². The normalized spacial score (nSPS) is 10.9. The summed E-state index contributed by atoms with van der Waals surface area (Å²) >= 11 is 0. The van der Waals surface area contributed by atoms with Crippen molar-refractivity contribution in [2.75, 3.05) is 0 Å². The molecule has 0 atom stereocenters. The van der Waals surface area contributed by atoms with Crippen LogP contribution in [-0.2, 0) is 0 Å². The molecule has 0 bridgehead atoms. The Morgan fingerprint density at radius 2 is 1.32 bits per heavy atom. The maximum Gasteiger partial charge on any atom is -0.0102 e. The molecular formula is C19H18. The molecule has 0 heterocycles. The van der Waals surface area contributed by atoms with E-state index in [1.54, 1.807) is 0 Å². The summed E-state index contributed by atoms with van der Waals surface area (Å²) < 4.78 is 0.